The molecule has 0 radical (unpaired) electrons. The van der Waals surface area contributed by atoms with Gasteiger partial charge < -0.3 is 10.1 Å². The first kappa shape index (κ1) is 25.1. The number of ether oxygens (including phenoxy) is 1. The van der Waals surface area contributed by atoms with Crippen LogP contribution < -0.4 is 21.3 Å². The van der Waals surface area contributed by atoms with Crippen molar-refractivity contribution in [3.63, 3.8) is 0 Å². The van der Waals surface area contributed by atoms with Crippen LogP contribution in [0.2, 0.25) is 0 Å². The van der Waals surface area contributed by atoms with Gasteiger partial charge in [-0.05, 0) is 60.3 Å². The smallest absolute Gasteiger partial charge is 0.332 e. The van der Waals surface area contributed by atoms with Crippen LogP contribution in [0, 0.1) is 0 Å². The molecule has 0 saturated heterocycles. The summed E-state index contributed by atoms with van der Waals surface area (Å²) in [5.74, 6) is 1.39. The van der Waals surface area contributed by atoms with Crippen LogP contribution in [0.25, 0.3) is 11.2 Å². The molecule has 2 heterocycles. The van der Waals surface area contributed by atoms with Crippen LogP contribution >= 0.6 is 15.9 Å². The third-order valence-electron chi connectivity index (χ3n) is 6.24. The molecule has 0 bridgehead atoms. The maximum Gasteiger partial charge on any atom is 0.332 e. The summed E-state index contributed by atoms with van der Waals surface area (Å²) < 4.78 is 11.0. The summed E-state index contributed by atoms with van der Waals surface area (Å²) in [5, 5.41) is 3.58. The Morgan fingerprint density at radius 1 is 1.09 bits per heavy atom. The lowest BCUT2D eigenvalue weighted by atomic mass is 9.96. The SMILES string of the molecule is C.CCn1c(=O)c2c(nc(NC3CCCCC3)n2Cc2ccc(OC)c(Br)c2)n(CC)c1=O. The van der Waals surface area contributed by atoms with E-state index in [4.69, 9.17) is 9.72 Å². The first-order valence-corrected chi connectivity index (χ1v) is 12.1. The van der Waals surface area contributed by atoms with Crippen LogP contribution in [0.3, 0.4) is 0 Å². The van der Waals surface area contributed by atoms with Gasteiger partial charge in [0.2, 0.25) is 5.95 Å². The van der Waals surface area contributed by atoms with Gasteiger partial charge in [-0.1, -0.05) is 32.8 Å². The number of hydrogen-bond acceptors (Lipinski definition) is 5. The Morgan fingerprint density at radius 2 is 1.79 bits per heavy atom. The van der Waals surface area contributed by atoms with Crippen LogP contribution in [0.15, 0.2) is 32.3 Å². The largest absolute Gasteiger partial charge is 0.496 e. The van der Waals surface area contributed by atoms with Gasteiger partial charge in [-0.2, -0.15) is 4.98 Å². The molecule has 1 aromatic carbocycles. The standard InChI is InChI=1S/C23H30BrN5O3.CH4/c1-4-27-20-19(21(30)28(5-2)23(27)31)29(14-15-11-12-18(32-3)17(24)13-15)22(26-20)25-16-9-7-6-8-10-16;/h11-13,16H,4-10,14H2,1-3H3,(H,25,26);1H4. The highest BCUT2D eigenvalue weighted by molar-refractivity contribution is 9.10. The predicted octanol–water partition coefficient (Wildman–Crippen LogP) is 4.60. The lowest BCUT2D eigenvalue weighted by Gasteiger charge is -2.23. The molecule has 4 rings (SSSR count). The molecule has 9 heteroatoms. The Balaban J connectivity index is 0.00000306. The Kier molecular flexibility index (Phi) is 8.05. The minimum Gasteiger partial charge on any atom is -0.496 e. The van der Waals surface area contributed by atoms with Crippen molar-refractivity contribution in [3.8, 4) is 5.75 Å². The van der Waals surface area contributed by atoms with E-state index in [1.165, 1.54) is 23.8 Å². The van der Waals surface area contributed by atoms with Crippen molar-refractivity contribution in [3.05, 3.63) is 49.1 Å². The van der Waals surface area contributed by atoms with Gasteiger partial charge in [0.05, 0.1) is 18.1 Å². The number of fused-ring (bicyclic) bond motifs is 1. The fourth-order valence-electron chi connectivity index (χ4n) is 4.54. The number of hydrogen-bond donors (Lipinski definition) is 1. The van der Waals surface area contributed by atoms with Gasteiger partial charge in [0.1, 0.15) is 5.75 Å². The Bertz CT molecular complexity index is 1240. The Labute approximate surface area is 202 Å². The quantitative estimate of drug-likeness (QED) is 0.493. The van der Waals surface area contributed by atoms with Gasteiger partial charge in [0.25, 0.3) is 5.56 Å². The van der Waals surface area contributed by atoms with Gasteiger partial charge in [-0.15, -0.1) is 0 Å². The number of nitrogens with one attached hydrogen (secondary N) is 1. The van der Waals surface area contributed by atoms with Gasteiger partial charge in [-0.3, -0.25) is 18.5 Å². The maximum absolute atomic E-state index is 13.4. The van der Waals surface area contributed by atoms with Gasteiger partial charge in [-0.25, -0.2) is 4.79 Å². The topological polar surface area (TPSA) is 83.1 Å². The molecule has 2 aromatic heterocycles. The molecule has 0 amide bonds. The molecule has 3 aromatic rings. The van der Waals surface area contributed by atoms with Gasteiger partial charge in [0.15, 0.2) is 11.2 Å². The highest BCUT2D eigenvalue weighted by Crippen LogP contribution is 2.28. The number of anilines is 1. The van der Waals surface area contributed by atoms with Crippen LogP contribution in [0.4, 0.5) is 5.95 Å². The second-order valence-corrected chi connectivity index (χ2v) is 9.07. The van der Waals surface area contributed by atoms with E-state index in [-0.39, 0.29) is 18.7 Å². The lowest BCUT2D eigenvalue weighted by molar-refractivity contribution is 0.412. The molecule has 8 nitrogen and oxygen atoms in total. The molecule has 33 heavy (non-hydrogen) atoms. The van der Waals surface area contributed by atoms with Gasteiger partial charge >= 0.3 is 5.69 Å². The molecule has 0 spiro atoms. The number of aromatic nitrogens is 4. The fourth-order valence-corrected chi connectivity index (χ4v) is 5.13. The van der Waals surface area contributed by atoms with E-state index < -0.39 is 0 Å². The minimum atomic E-state index is -0.312. The van der Waals surface area contributed by atoms with Crippen LogP contribution in [0.1, 0.15) is 58.9 Å². The van der Waals surface area contributed by atoms with Crippen molar-refractivity contribution in [2.45, 2.75) is 79.1 Å². The average Bonchev–Trinajstić information content (AvgIpc) is 3.13. The van der Waals surface area contributed by atoms with E-state index in [1.807, 2.05) is 36.6 Å². The minimum absolute atomic E-state index is 0. The van der Waals surface area contributed by atoms with E-state index in [0.29, 0.717) is 42.8 Å². The third-order valence-corrected chi connectivity index (χ3v) is 6.86. The summed E-state index contributed by atoms with van der Waals surface area (Å²) in [4.78, 5) is 31.0. The molecule has 0 aliphatic heterocycles. The molecule has 1 fully saturated rings. The van der Waals surface area contributed by atoms with E-state index >= 15 is 0 Å². The van der Waals surface area contributed by atoms with Gasteiger partial charge in [0, 0.05) is 19.1 Å². The maximum atomic E-state index is 13.4. The third kappa shape index (κ3) is 4.74. The van der Waals surface area contributed by atoms with Crippen molar-refractivity contribution < 1.29 is 4.74 Å². The zero-order chi connectivity index (χ0) is 22.8. The summed E-state index contributed by atoms with van der Waals surface area (Å²) in [6, 6.07) is 6.19. The number of nitrogens with zero attached hydrogens (tertiary/aromatic N) is 4. The number of benzene rings is 1. The number of imidazole rings is 1. The van der Waals surface area contributed by atoms with Crippen LogP contribution in [0.5, 0.6) is 5.75 Å². The van der Waals surface area contributed by atoms with Crippen LogP contribution in [-0.4, -0.2) is 31.8 Å². The highest BCUT2D eigenvalue weighted by Gasteiger charge is 2.23. The summed E-state index contributed by atoms with van der Waals surface area (Å²) in [6.45, 7) is 4.94. The molecule has 1 aliphatic carbocycles. The van der Waals surface area contributed by atoms with Crippen molar-refractivity contribution >= 4 is 33.0 Å². The number of methoxy groups -OCH3 is 1. The normalized spacial score (nSPS) is 14.3. The lowest BCUT2D eigenvalue weighted by Crippen LogP contribution is -2.40. The zero-order valence-electron chi connectivity index (χ0n) is 18.9. The molecular weight excluding hydrogens is 486 g/mol. The average molecular weight is 520 g/mol. The summed E-state index contributed by atoms with van der Waals surface area (Å²) in [6.07, 6.45) is 5.79. The van der Waals surface area contributed by atoms with E-state index in [9.17, 15) is 9.59 Å². The monoisotopic (exact) mass is 519 g/mol. The van der Waals surface area contributed by atoms with E-state index in [1.54, 1.807) is 11.7 Å². The predicted molar refractivity (Wildman–Crippen MR) is 137 cm³/mol. The fraction of sp³-hybridized carbons (Fsp3) is 0.542. The number of halogens is 1. The van der Waals surface area contributed by atoms with Crippen molar-refractivity contribution in [2.75, 3.05) is 12.4 Å². The molecule has 1 N–H and O–H groups in total. The van der Waals surface area contributed by atoms with Crippen LogP contribution in [-0.2, 0) is 19.6 Å². The Hall–Kier alpha value is -2.55. The first-order valence-electron chi connectivity index (χ1n) is 11.3. The molecule has 1 saturated carbocycles. The zero-order valence-corrected chi connectivity index (χ0v) is 20.4. The van der Waals surface area contributed by atoms with E-state index in [2.05, 4.69) is 21.2 Å². The molecule has 1 aliphatic rings. The molecular formula is C24H34BrN5O3. The molecule has 180 valence electrons. The van der Waals surface area contributed by atoms with Crippen molar-refractivity contribution in [2.24, 2.45) is 0 Å². The Morgan fingerprint density at radius 3 is 2.39 bits per heavy atom. The summed E-state index contributed by atoms with van der Waals surface area (Å²) in [7, 11) is 1.63. The summed E-state index contributed by atoms with van der Waals surface area (Å²) >= 11 is 3.55. The second-order valence-electron chi connectivity index (χ2n) is 8.22. The van der Waals surface area contributed by atoms with E-state index in [0.717, 1.165) is 28.6 Å². The first-order chi connectivity index (χ1) is 15.5. The highest BCUT2D eigenvalue weighted by atomic mass is 79.9. The van der Waals surface area contributed by atoms with Crippen molar-refractivity contribution in [1.29, 1.82) is 0 Å². The summed E-state index contributed by atoms with van der Waals surface area (Å²) in [5.41, 5.74) is 1.29. The second kappa shape index (κ2) is 10.6. The number of aryl methyl sites for hydroxylation is 1. The number of rotatable bonds is 7. The molecule has 0 unspecified atom stereocenters. The van der Waals surface area contributed by atoms with Crippen molar-refractivity contribution in [1.82, 2.24) is 18.7 Å². The molecule has 0 atom stereocenters.